The van der Waals surface area contributed by atoms with Crippen LogP contribution in [0.15, 0.2) is 36.4 Å². The van der Waals surface area contributed by atoms with Crippen LogP contribution in [0, 0.1) is 11.3 Å². The summed E-state index contributed by atoms with van der Waals surface area (Å²) < 4.78 is 31.7. The summed E-state index contributed by atoms with van der Waals surface area (Å²) in [5.41, 5.74) is 3.41. The van der Waals surface area contributed by atoms with Crippen LogP contribution in [0.1, 0.15) is 28.3 Å². The van der Waals surface area contributed by atoms with Crippen LogP contribution < -0.4 is 5.32 Å². The van der Waals surface area contributed by atoms with E-state index in [9.17, 15) is 28.6 Å². The van der Waals surface area contributed by atoms with Crippen molar-refractivity contribution in [3.8, 4) is 17.6 Å². The molecule has 2 aromatic carbocycles. The molecule has 3 rings (SSSR count). The highest BCUT2D eigenvalue weighted by Gasteiger charge is 2.38. The summed E-state index contributed by atoms with van der Waals surface area (Å²) in [5, 5.41) is 39.1. The molecule has 1 aliphatic heterocycles. The van der Waals surface area contributed by atoms with Gasteiger partial charge in [0.2, 0.25) is 0 Å². The molecule has 0 aliphatic carbocycles. The molecule has 142 valence electrons. The maximum Gasteiger partial charge on any atom is 0.490 e. The van der Waals surface area contributed by atoms with Crippen molar-refractivity contribution in [2.75, 3.05) is 6.54 Å². The van der Waals surface area contributed by atoms with E-state index < -0.39 is 12.1 Å². The second-order valence-electron chi connectivity index (χ2n) is 5.68. The topological polar surface area (TPSA) is 114 Å². The van der Waals surface area contributed by atoms with Gasteiger partial charge in [0.05, 0.1) is 17.7 Å². The molecule has 0 bridgehead atoms. The number of phenols is 2. The number of aliphatic carboxylic acids is 1. The number of nitrogens with one attached hydrogen (secondary N) is 1. The van der Waals surface area contributed by atoms with Crippen LogP contribution in [0.25, 0.3) is 0 Å². The summed E-state index contributed by atoms with van der Waals surface area (Å²) in [7, 11) is 0. The lowest BCUT2D eigenvalue weighted by molar-refractivity contribution is -0.192. The van der Waals surface area contributed by atoms with Crippen molar-refractivity contribution < 1.29 is 33.3 Å². The van der Waals surface area contributed by atoms with Crippen LogP contribution in [0.5, 0.6) is 11.5 Å². The highest BCUT2D eigenvalue weighted by molar-refractivity contribution is 5.73. The van der Waals surface area contributed by atoms with E-state index >= 15 is 0 Å². The zero-order chi connectivity index (χ0) is 20.2. The fourth-order valence-electron chi connectivity index (χ4n) is 2.71. The van der Waals surface area contributed by atoms with E-state index in [1.54, 1.807) is 18.2 Å². The molecule has 6 nitrogen and oxygen atoms in total. The van der Waals surface area contributed by atoms with Gasteiger partial charge in [-0.25, -0.2) is 4.79 Å². The number of hydrogen-bond acceptors (Lipinski definition) is 5. The van der Waals surface area contributed by atoms with Gasteiger partial charge in [-0.2, -0.15) is 18.4 Å². The molecule has 9 heteroatoms. The lowest BCUT2D eigenvalue weighted by atomic mass is 9.87. The molecule has 27 heavy (non-hydrogen) atoms. The molecule has 2 aromatic rings. The minimum atomic E-state index is -5.08. The monoisotopic (exact) mass is 380 g/mol. The molecule has 0 saturated heterocycles. The number of rotatable bonds is 1. The Labute approximate surface area is 152 Å². The van der Waals surface area contributed by atoms with Crippen molar-refractivity contribution in [3.63, 3.8) is 0 Å². The first-order valence-corrected chi connectivity index (χ1v) is 7.72. The number of carboxylic acids is 1. The smallest absolute Gasteiger partial charge is 0.490 e. The predicted octanol–water partition coefficient (Wildman–Crippen LogP) is 2.84. The summed E-state index contributed by atoms with van der Waals surface area (Å²) in [5.74, 6) is -2.99. The number of carbonyl (C=O) groups is 1. The highest BCUT2D eigenvalue weighted by Crippen LogP contribution is 2.36. The minimum absolute atomic E-state index is 0.0991. The maximum absolute atomic E-state index is 10.6. The number of alkyl halides is 3. The van der Waals surface area contributed by atoms with Crippen LogP contribution in [0.2, 0.25) is 0 Å². The summed E-state index contributed by atoms with van der Waals surface area (Å²) in [6, 6.07) is 12.7. The van der Waals surface area contributed by atoms with E-state index in [1.807, 2.05) is 18.2 Å². The molecule has 1 unspecified atom stereocenters. The minimum Gasteiger partial charge on any atom is -0.504 e. The van der Waals surface area contributed by atoms with E-state index in [0.29, 0.717) is 5.56 Å². The average molecular weight is 380 g/mol. The Balaban J connectivity index is 0.000000321. The summed E-state index contributed by atoms with van der Waals surface area (Å²) in [6.45, 7) is 0.766. The molecule has 0 radical (unpaired) electrons. The van der Waals surface area contributed by atoms with Gasteiger partial charge in [0.25, 0.3) is 0 Å². The van der Waals surface area contributed by atoms with Crippen molar-refractivity contribution in [2.45, 2.75) is 18.6 Å². The molecule has 1 heterocycles. The van der Waals surface area contributed by atoms with Gasteiger partial charge < -0.3 is 20.6 Å². The Morgan fingerprint density at radius 3 is 2.33 bits per heavy atom. The van der Waals surface area contributed by atoms with E-state index in [0.717, 1.165) is 29.7 Å². The van der Waals surface area contributed by atoms with Gasteiger partial charge in [-0.05, 0) is 41.3 Å². The standard InChI is InChI=1S/C16H14N2O2.C2HF3O2/c17-9-11-3-1-2-4-12(11)16-13-8-15(20)14(19)7-10(13)5-6-18-16;3-2(4,5)1(6)7/h1-4,7-8,16,18-20H,5-6H2;(H,6,7). The second-order valence-corrected chi connectivity index (χ2v) is 5.68. The highest BCUT2D eigenvalue weighted by atomic mass is 19.4. The number of nitrogens with zero attached hydrogens (tertiary/aromatic N) is 1. The largest absolute Gasteiger partial charge is 0.504 e. The molecular formula is C18H15F3N2O4. The fraction of sp³-hybridized carbons (Fsp3) is 0.222. The van der Waals surface area contributed by atoms with E-state index in [4.69, 9.17) is 9.90 Å². The Bertz CT molecular complexity index is 891. The average Bonchev–Trinajstić information content (AvgIpc) is 2.62. The Morgan fingerprint density at radius 2 is 1.74 bits per heavy atom. The van der Waals surface area contributed by atoms with E-state index in [-0.39, 0.29) is 17.5 Å². The van der Waals surface area contributed by atoms with Gasteiger partial charge in [0, 0.05) is 6.54 Å². The van der Waals surface area contributed by atoms with Crippen molar-refractivity contribution in [2.24, 2.45) is 0 Å². The quantitative estimate of drug-likeness (QED) is 0.566. The molecule has 0 fully saturated rings. The van der Waals surface area contributed by atoms with Gasteiger partial charge in [0.15, 0.2) is 11.5 Å². The van der Waals surface area contributed by atoms with Crippen LogP contribution in [0.4, 0.5) is 13.2 Å². The van der Waals surface area contributed by atoms with Crippen LogP contribution in [-0.4, -0.2) is 34.0 Å². The Morgan fingerprint density at radius 1 is 1.15 bits per heavy atom. The maximum atomic E-state index is 10.6. The SMILES string of the molecule is N#Cc1ccccc1C1NCCc2cc(O)c(O)cc21.O=C(O)C(F)(F)F. The number of carboxylic acid groups (broad SMARTS) is 1. The number of fused-ring (bicyclic) bond motifs is 1. The number of aromatic hydroxyl groups is 2. The normalized spacial score (nSPS) is 15.7. The molecule has 0 aromatic heterocycles. The van der Waals surface area contributed by atoms with Crippen LogP contribution >= 0.6 is 0 Å². The first-order chi connectivity index (χ1) is 12.6. The summed E-state index contributed by atoms with van der Waals surface area (Å²) >= 11 is 0. The van der Waals surface area contributed by atoms with Gasteiger partial charge in [0.1, 0.15) is 0 Å². The third-order valence-corrected chi connectivity index (χ3v) is 3.92. The Kier molecular flexibility index (Phi) is 5.92. The second kappa shape index (κ2) is 7.97. The van der Waals surface area contributed by atoms with Crippen molar-refractivity contribution in [1.29, 1.82) is 5.26 Å². The van der Waals surface area contributed by atoms with Crippen molar-refractivity contribution in [1.82, 2.24) is 5.32 Å². The molecule has 0 saturated carbocycles. The number of hydrogen-bond donors (Lipinski definition) is 4. The third kappa shape index (κ3) is 4.68. The first-order valence-electron chi connectivity index (χ1n) is 7.72. The molecule has 1 aliphatic rings. The lowest BCUT2D eigenvalue weighted by Crippen LogP contribution is -2.31. The Hall–Kier alpha value is -3.25. The van der Waals surface area contributed by atoms with E-state index in [2.05, 4.69) is 11.4 Å². The van der Waals surface area contributed by atoms with Gasteiger partial charge >= 0.3 is 12.1 Å². The molecule has 1 atom stereocenters. The van der Waals surface area contributed by atoms with Crippen molar-refractivity contribution in [3.05, 3.63) is 58.7 Å². The number of phenolic OH excluding ortho intramolecular Hbond substituents is 2. The van der Waals surface area contributed by atoms with Crippen molar-refractivity contribution >= 4 is 5.97 Å². The van der Waals surface area contributed by atoms with Crippen LogP contribution in [0.3, 0.4) is 0 Å². The molecule has 4 N–H and O–H groups in total. The van der Waals surface area contributed by atoms with E-state index in [1.165, 1.54) is 0 Å². The number of benzene rings is 2. The summed E-state index contributed by atoms with van der Waals surface area (Å²) in [6.07, 6.45) is -4.30. The van der Waals surface area contributed by atoms with Crippen LogP contribution in [-0.2, 0) is 11.2 Å². The predicted molar refractivity (Wildman–Crippen MR) is 88.2 cm³/mol. The van der Waals surface area contributed by atoms with Gasteiger partial charge in [-0.15, -0.1) is 0 Å². The molecule has 0 spiro atoms. The third-order valence-electron chi connectivity index (χ3n) is 3.92. The molecular weight excluding hydrogens is 365 g/mol. The first kappa shape index (κ1) is 20.1. The zero-order valence-electron chi connectivity index (χ0n) is 13.8. The number of halogens is 3. The summed E-state index contributed by atoms with van der Waals surface area (Å²) in [4.78, 5) is 8.90. The van der Waals surface area contributed by atoms with Gasteiger partial charge in [-0.1, -0.05) is 18.2 Å². The zero-order valence-corrected chi connectivity index (χ0v) is 13.8. The van der Waals surface area contributed by atoms with Gasteiger partial charge in [-0.3, -0.25) is 0 Å². The fourth-order valence-corrected chi connectivity index (χ4v) is 2.71. The molecule has 0 amide bonds. The number of nitriles is 1. The lowest BCUT2D eigenvalue weighted by Gasteiger charge is -2.28.